The van der Waals surface area contributed by atoms with Gasteiger partial charge in [0.25, 0.3) is 0 Å². The van der Waals surface area contributed by atoms with Crippen LogP contribution in [0, 0.1) is 0 Å². The van der Waals surface area contributed by atoms with E-state index in [1.807, 2.05) is 6.92 Å². The summed E-state index contributed by atoms with van der Waals surface area (Å²) in [7, 11) is 0. The van der Waals surface area contributed by atoms with Gasteiger partial charge in [-0.3, -0.25) is 9.59 Å². The number of ether oxygens (including phenoxy) is 1. The summed E-state index contributed by atoms with van der Waals surface area (Å²) in [6, 6.07) is 0. The summed E-state index contributed by atoms with van der Waals surface area (Å²) in [5, 5.41) is 0. The minimum Gasteiger partial charge on any atom is -0.466 e. The molecule has 11 heavy (non-hydrogen) atoms. The highest BCUT2D eigenvalue weighted by atomic mass is 16.5. The number of Topliss-reactive ketones (excluding diaryl/α,β-unsaturated/α-hetero) is 1. The van der Waals surface area contributed by atoms with Crippen molar-refractivity contribution in [3.8, 4) is 0 Å². The predicted molar refractivity (Wildman–Crippen MR) is 41.2 cm³/mol. The average Bonchev–Trinajstić information content (AvgIpc) is 1.97. The van der Waals surface area contributed by atoms with E-state index in [1.165, 1.54) is 6.92 Å². The largest absolute Gasteiger partial charge is 0.466 e. The Kier molecular flexibility index (Phi) is 5.43. The molecule has 3 nitrogen and oxygen atoms in total. The van der Waals surface area contributed by atoms with Gasteiger partial charge in [0.1, 0.15) is 5.78 Å². The van der Waals surface area contributed by atoms with Crippen LogP contribution < -0.4 is 0 Å². The molecule has 3 heteroatoms. The zero-order valence-corrected chi connectivity index (χ0v) is 7.05. The normalized spacial score (nSPS) is 9.27. The maximum Gasteiger partial charge on any atom is 0.302 e. The van der Waals surface area contributed by atoms with Crippen molar-refractivity contribution >= 4 is 11.8 Å². The predicted octanol–water partition coefficient (Wildman–Crippen LogP) is 1.31. The third-order valence-electron chi connectivity index (χ3n) is 1.30. The molecule has 0 heterocycles. The van der Waals surface area contributed by atoms with Gasteiger partial charge in [-0.1, -0.05) is 6.92 Å². The molecular formula is C8H14O3. The van der Waals surface area contributed by atoms with Crippen molar-refractivity contribution in [2.75, 3.05) is 6.61 Å². The van der Waals surface area contributed by atoms with Crippen molar-refractivity contribution in [2.45, 2.75) is 33.1 Å². The SMILES string of the molecule is CCC(=O)CCCOC(C)=O. The molecule has 0 amide bonds. The lowest BCUT2D eigenvalue weighted by Crippen LogP contribution is -2.03. The number of ketones is 1. The highest BCUT2D eigenvalue weighted by Crippen LogP contribution is 1.94. The molecule has 0 N–H and O–H groups in total. The lowest BCUT2D eigenvalue weighted by molar-refractivity contribution is -0.141. The molecule has 0 rings (SSSR count). The lowest BCUT2D eigenvalue weighted by atomic mass is 10.2. The van der Waals surface area contributed by atoms with Crippen LogP contribution in [0.25, 0.3) is 0 Å². The van der Waals surface area contributed by atoms with Crippen molar-refractivity contribution in [1.29, 1.82) is 0 Å². The molecule has 0 radical (unpaired) electrons. The molecule has 0 spiro atoms. The van der Waals surface area contributed by atoms with E-state index >= 15 is 0 Å². The molecule has 0 aliphatic heterocycles. The fraction of sp³-hybridized carbons (Fsp3) is 0.750. The van der Waals surface area contributed by atoms with Crippen LogP contribution in [0.2, 0.25) is 0 Å². The molecule has 0 aliphatic carbocycles. The number of carbonyl (C=O) groups excluding carboxylic acids is 2. The quantitative estimate of drug-likeness (QED) is 0.447. The second-order valence-corrected chi connectivity index (χ2v) is 2.34. The van der Waals surface area contributed by atoms with Crippen LogP contribution in [-0.4, -0.2) is 18.4 Å². The Morgan fingerprint density at radius 2 is 2.00 bits per heavy atom. The van der Waals surface area contributed by atoms with Gasteiger partial charge in [-0.2, -0.15) is 0 Å². The molecule has 0 aliphatic rings. The first kappa shape index (κ1) is 10.1. The third-order valence-corrected chi connectivity index (χ3v) is 1.30. The van der Waals surface area contributed by atoms with Crippen LogP contribution in [0.3, 0.4) is 0 Å². The van der Waals surface area contributed by atoms with Crippen LogP contribution >= 0.6 is 0 Å². The number of carbonyl (C=O) groups is 2. The van der Waals surface area contributed by atoms with Gasteiger partial charge in [-0.25, -0.2) is 0 Å². The van der Waals surface area contributed by atoms with Gasteiger partial charge in [-0.05, 0) is 6.42 Å². The molecule has 0 aromatic heterocycles. The Morgan fingerprint density at radius 1 is 1.36 bits per heavy atom. The van der Waals surface area contributed by atoms with E-state index in [0.29, 0.717) is 25.9 Å². The van der Waals surface area contributed by atoms with Crippen molar-refractivity contribution in [3.63, 3.8) is 0 Å². The Bertz CT molecular complexity index is 140. The molecule has 0 unspecified atom stereocenters. The van der Waals surface area contributed by atoms with Crippen LogP contribution in [0.4, 0.5) is 0 Å². The molecular weight excluding hydrogens is 144 g/mol. The number of esters is 1. The molecule has 0 fully saturated rings. The maximum absolute atomic E-state index is 10.7. The second-order valence-electron chi connectivity index (χ2n) is 2.34. The van der Waals surface area contributed by atoms with Crippen LogP contribution in [0.15, 0.2) is 0 Å². The first-order valence-corrected chi connectivity index (χ1v) is 3.82. The molecule has 0 saturated carbocycles. The fourth-order valence-electron chi connectivity index (χ4n) is 0.662. The van der Waals surface area contributed by atoms with Gasteiger partial charge < -0.3 is 4.74 Å². The van der Waals surface area contributed by atoms with E-state index < -0.39 is 0 Å². The van der Waals surface area contributed by atoms with Crippen molar-refractivity contribution < 1.29 is 14.3 Å². The monoisotopic (exact) mass is 158 g/mol. The van der Waals surface area contributed by atoms with Gasteiger partial charge in [0.05, 0.1) is 6.61 Å². The summed E-state index contributed by atoms with van der Waals surface area (Å²) in [5.74, 6) is -0.0638. The summed E-state index contributed by atoms with van der Waals surface area (Å²) in [6.07, 6.45) is 1.73. The minimum atomic E-state index is -0.283. The number of rotatable bonds is 5. The molecule has 0 aromatic rings. The van der Waals surface area contributed by atoms with E-state index in [-0.39, 0.29) is 11.8 Å². The van der Waals surface area contributed by atoms with Crippen LogP contribution in [-0.2, 0) is 14.3 Å². The Hall–Kier alpha value is -0.860. The van der Waals surface area contributed by atoms with E-state index in [4.69, 9.17) is 0 Å². The minimum absolute atomic E-state index is 0.220. The standard InChI is InChI=1S/C8H14O3/c1-3-8(10)5-4-6-11-7(2)9/h3-6H2,1-2H3. The topological polar surface area (TPSA) is 43.4 Å². The summed E-state index contributed by atoms with van der Waals surface area (Å²) < 4.78 is 4.65. The molecule has 0 saturated heterocycles. The Labute approximate surface area is 66.7 Å². The average molecular weight is 158 g/mol. The first-order valence-electron chi connectivity index (χ1n) is 3.82. The van der Waals surface area contributed by atoms with Crippen LogP contribution in [0.5, 0.6) is 0 Å². The summed E-state index contributed by atoms with van der Waals surface area (Å²) in [5.41, 5.74) is 0. The van der Waals surface area contributed by atoms with Gasteiger partial charge in [0.15, 0.2) is 0 Å². The first-order chi connectivity index (χ1) is 5.16. The van der Waals surface area contributed by atoms with Gasteiger partial charge in [0.2, 0.25) is 0 Å². The Morgan fingerprint density at radius 3 is 2.45 bits per heavy atom. The van der Waals surface area contributed by atoms with Crippen molar-refractivity contribution in [3.05, 3.63) is 0 Å². The summed E-state index contributed by atoms with van der Waals surface area (Å²) in [6.45, 7) is 3.55. The zero-order valence-electron chi connectivity index (χ0n) is 7.05. The van der Waals surface area contributed by atoms with E-state index in [1.54, 1.807) is 0 Å². The van der Waals surface area contributed by atoms with Crippen molar-refractivity contribution in [1.82, 2.24) is 0 Å². The van der Waals surface area contributed by atoms with Crippen LogP contribution in [0.1, 0.15) is 33.1 Å². The zero-order chi connectivity index (χ0) is 8.69. The van der Waals surface area contributed by atoms with E-state index in [0.717, 1.165) is 0 Å². The molecule has 64 valence electrons. The molecule has 0 aromatic carbocycles. The van der Waals surface area contributed by atoms with E-state index in [2.05, 4.69) is 4.74 Å². The van der Waals surface area contributed by atoms with Crippen molar-refractivity contribution in [2.24, 2.45) is 0 Å². The maximum atomic E-state index is 10.7. The second kappa shape index (κ2) is 5.89. The molecule has 0 atom stereocenters. The van der Waals surface area contributed by atoms with E-state index in [9.17, 15) is 9.59 Å². The summed E-state index contributed by atoms with van der Waals surface area (Å²) >= 11 is 0. The van der Waals surface area contributed by atoms with Gasteiger partial charge in [-0.15, -0.1) is 0 Å². The highest BCUT2D eigenvalue weighted by Gasteiger charge is 1.98. The Balaban J connectivity index is 3.14. The molecule has 0 bridgehead atoms. The lowest BCUT2D eigenvalue weighted by Gasteiger charge is -1.99. The third kappa shape index (κ3) is 7.03. The number of hydrogen-bond donors (Lipinski definition) is 0. The number of hydrogen-bond acceptors (Lipinski definition) is 3. The van der Waals surface area contributed by atoms with Gasteiger partial charge >= 0.3 is 5.97 Å². The fourth-order valence-corrected chi connectivity index (χ4v) is 0.662. The summed E-state index contributed by atoms with van der Waals surface area (Å²) in [4.78, 5) is 21.0. The van der Waals surface area contributed by atoms with Gasteiger partial charge in [0, 0.05) is 19.8 Å². The highest BCUT2D eigenvalue weighted by molar-refractivity contribution is 5.77. The smallest absolute Gasteiger partial charge is 0.302 e.